The average molecular weight is 289 g/mol. The van der Waals surface area contributed by atoms with Gasteiger partial charge in [-0.1, -0.05) is 0 Å². The maximum absolute atomic E-state index is 13.4. The lowest BCUT2D eigenvalue weighted by atomic mass is 9.70. The minimum Gasteiger partial charge on any atom is -0.466 e. The number of ether oxygens (including phenoxy) is 1. The Bertz CT molecular complexity index is 468. The van der Waals surface area contributed by atoms with Gasteiger partial charge in [0.2, 0.25) is 0 Å². The molecular formula is C11H14BClFNO4. The van der Waals surface area contributed by atoms with Crippen molar-refractivity contribution in [3.8, 4) is 0 Å². The number of aliphatic hydroxyl groups excluding tert-OH is 1. The van der Waals surface area contributed by atoms with Gasteiger partial charge < -0.3 is 24.9 Å². The summed E-state index contributed by atoms with van der Waals surface area (Å²) in [6.07, 6.45) is 2.23. The van der Waals surface area contributed by atoms with E-state index in [1.54, 1.807) is 6.08 Å². The van der Waals surface area contributed by atoms with Crippen molar-refractivity contribution >= 4 is 19.5 Å². The maximum Gasteiger partial charge on any atom is 0.495 e. The second kappa shape index (κ2) is 5.64. The van der Waals surface area contributed by atoms with Gasteiger partial charge in [0.15, 0.2) is 0 Å². The molecule has 0 fully saturated rings. The van der Waals surface area contributed by atoms with Crippen LogP contribution in [-0.4, -0.2) is 44.2 Å². The second-order valence-corrected chi connectivity index (χ2v) is 4.35. The Balaban J connectivity index is 0.00000133. The molecule has 0 aliphatic carbocycles. The number of rotatable bonds is 2. The fourth-order valence-corrected chi connectivity index (χ4v) is 2.42. The first-order chi connectivity index (χ1) is 8.72. The van der Waals surface area contributed by atoms with Gasteiger partial charge in [-0.25, -0.2) is 0 Å². The van der Waals surface area contributed by atoms with Crippen molar-refractivity contribution in [2.24, 2.45) is 5.73 Å². The summed E-state index contributed by atoms with van der Waals surface area (Å²) in [5, 5.41) is 9.28. The van der Waals surface area contributed by atoms with Crippen LogP contribution < -0.4 is 5.73 Å². The highest BCUT2D eigenvalue weighted by Gasteiger charge is 2.45. The van der Waals surface area contributed by atoms with Crippen LogP contribution in [0.5, 0.6) is 0 Å². The van der Waals surface area contributed by atoms with Gasteiger partial charge in [-0.05, 0) is 22.7 Å². The van der Waals surface area contributed by atoms with Gasteiger partial charge in [0.05, 0.1) is 18.8 Å². The molecule has 104 valence electrons. The third-order valence-corrected chi connectivity index (χ3v) is 3.27. The summed E-state index contributed by atoms with van der Waals surface area (Å²) in [6, 6.07) is -0.649. The Morgan fingerprint density at radius 2 is 2.26 bits per heavy atom. The largest absolute Gasteiger partial charge is 0.495 e. The van der Waals surface area contributed by atoms with Gasteiger partial charge in [0.25, 0.3) is 6.01 Å². The van der Waals surface area contributed by atoms with E-state index >= 15 is 0 Å². The summed E-state index contributed by atoms with van der Waals surface area (Å²) >= 11 is 0. The number of halogens is 2. The number of allylic oxidation sites excluding steroid dienone is 3. The van der Waals surface area contributed by atoms with Crippen LogP contribution in [0.2, 0.25) is 0 Å². The molecule has 0 bridgehead atoms. The highest BCUT2D eigenvalue weighted by molar-refractivity contribution is 6.57. The molecule has 0 radical (unpaired) electrons. The summed E-state index contributed by atoms with van der Waals surface area (Å²) < 4.78 is 29.5. The van der Waals surface area contributed by atoms with E-state index in [0.29, 0.717) is 5.57 Å². The van der Waals surface area contributed by atoms with Crippen LogP contribution in [0, 0.1) is 0 Å². The lowest BCUT2D eigenvalue weighted by Gasteiger charge is -2.24. The summed E-state index contributed by atoms with van der Waals surface area (Å²) in [5.74, 6) is 0. The highest BCUT2D eigenvalue weighted by Crippen LogP contribution is 2.37. The zero-order valence-electron chi connectivity index (χ0n) is 10.0. The standard InChI is InChI=1S/C11H13BFNO4.ClH/c13-10-2-6-1-7(3-14)17-12-11(6)8(5-16-10)9(4-15)18-12;/h1-2,7,9,15H,3-5,14H2;1H/t7-,9-;/m0./s1. The van der Waals surface area contributed by atoms with E-state index in [1.165, 1.54) is 6.08 Å². The molecule has 0 aromatic carbocycles. The lowest BCUT2D eigenvalue weighted by Crippen LogP contribution is -2.37. The van der Waals surface area contributed by atoms with Crippen molar-refractivity contribution in [1.29, 1.82) is 0 Å². The third kappa shape index (κ3) is 2.44. The van der Waals surface area contributed by atoms with Crippen molar-refractivity contribution < 1.29 is 23.5 Å². The van der Waals surface area contributed by atoms with E-state index in [4.69, 9.17) is 19.8 Å². The van der Waals surface area contributed by atoms with Gasteiger partial charge in [0.1, 0.15) is 6.61 Å². The van der Waals surface area contributed by atoms with Crippen LogP contribution in [0.4, 0.5) is 4.39 Å². The smallest absolute Gasteiger partial charge is 0.466 e. The van der Waals surface area contributed by atoms with E-state index in [2.05, 4.69) is 0 Å². The first-order valence-corrected chi connectivity index (χ1v) is 5.80. The molecule has 3 N–H and O–H groups in total. The van der Waals surface area contributed by atoms with E-state index in [-0.39, 0.29) is 38.3 Å². The fourth-order valence-electron chi connectivity index (χ4n) is 2.42. The van der Waals surface area contributed by atoms with Crippen molar-refractivity contribution in [2.75, 3.05) is 19.8 Å². The number of nitrogens with two attached hydrogens (primary N) is 1. The van der Waals surface area contributed by atoms with E-state index in [0.717, 1.165) is 11.0 Å². The van der Waals surface area contributed by atoms with E-state index in [1.807, 2.05) is 0 Å². The Labute approximate surface area is 116 Å². The number of hydrogen-bond donors (Lipinski definition) is 2. The molecule has 3 aliphatic heterocycles. The topological polar surface area (TPSA) is 73.9 Å². The molecule has 5 nitrogen and oxygen atoms in total. The van der Waals surface area contributed by atoms with E-state index < -0.39 is 19.2 Å². The first kappa shape index (κ1) is 14.6. The fraction of sp³-hybridized carbons (Fsp3) is 0.455. The molecule has 3 heterocycles. The van der Waals surface area contributed by atoms with Gasteiger partial charge in [-0.15, -0.1) is 12.4 Å². The van der Waals surface area contributed by atoms with Gasteiger partial charge in [0, 0.05) is 12.6 Å². The van der Waals surface area contributed by atoms with Gasteiger partial charge in [-0.3, -0.25) is 0 Å². The monoisotopic (exact) mass is 289 g/mol. The predicted octanol–water partition coefficient (Wildman–Crippen LogP) is 0.248. The Morgan fingerprint density at radius 1 is 1.47 bits per heavy atom. The van der Waals surface area contributed by atoms with Crippen molar-refractivity contribution in [3.05, 3.63) is 34.8 Å². The van der Waals surface area contributed by atoms with Gasteiger partial charge in [-0.2, -0.15) is 4.39 Å². The predicted molar refractivity (Wildman–Crippen MR) is 69.1 cm³/mol. The van der Waals surface area contributed by atoms with E-state index in [9.17, 15) is 9.50 Å². The van der Waals surface area contributed by atoms with Crippen LogP contribution in [0.15, 0.2) is 34.8 Å². The third-order valence-electron chi connectivity index (χ3n) is 3.27. The number of aliphatic hydroxyl groups is 1. The lowest BCUT2D eigenvalue weighted by molar-refractivity contribution is 0.0918. The van der Waals surface area contributed by atoms with Gasteiger partial charge >= 0.3 is 7.12 Å². The molecule has 0 saturated heterocycles. The molecule has 0 unspecified atom stereocenters. The SMILES string of the molecule is Cl.NC[C@@H]1C=C2C=C(F)OCC3=C2B(O[C@H]3CO)O1. The minimum absolute atomic E-state index is 0. The molecule has 19 heavy (non-hydrogen) atoms. The highest BCUT2D eigenvalue weighted by atomic mass is 35.5. The quantitative estimate of drug-likeness (QED) is 0.713. The molecule has 0 amide bonds. The minimum atomic E-state index is -0.649. The Kier molecular flexibility index (Phi) is 4.32. The van der Waals surface area contributed by atoms with Crippen LogP contribution in [0.25, 0.3) is 0 Å². The Morgan fingerprint density at radius 3 is 2.95 bits per heavy atom. The number of hydrogen-bond acceptors (Lipinski definition) is 5. The normalized spacial score (nSPS) is 28.9. The molecule has 0 aromatic rings. The molecule has 0 spiro atoms. The van der Waals surface area contributed by atoms with Crippen LogP contribution in [0.1, 0.15) is 0 Å². The van der Waals surface area contributed by atoms with Crippen molar-refractivity contribution in [3.63, 3.8) is 0 Å². The summed E-state index contributed by atoms with van der Waals surface area (Å²) in [5.41, 5.74) is 7.71. The van der Waals surface area contributed by atoms with Crippen LogP contribution in [-0.2, 0) is 14.0 Å². The maximum atomic E-state index is 13.4. The average Bonchev–Trinajstić information content (AvgIpc) is 2.64. The first-order valence-electron chi connectivity index (χ1n) is 5.80. The molecule has 8 heteroatoms. The molecule has 2 atom stereocenters. The summed E-state index contributed by atoms with van der Waals surface area (Å²) in [6.45, 7) is 0.156. The Hall–Kier alpha value is -0.855. The molecule has 0 aromatic heterocycles. The summed E-state index contributed by atoms with van der Waals surface area (Å²) in [4.78, 5) is 0. The van der Waals surface area contributed by atoms with Crippen LogP contribution in [0.3, 0.4) is 0 Å². The molecule has 3 rings (SSSR count). The zero-order chi connectivity index (χ0) is 12.7. The molecule has 0 saturated carbocycles. The van der Waals surface area contributed by atoms with Crippen LogP contribution >= 0.6 is 12.4 Å². The zero-order valence-corrected chi connectivity index (χ0v) is 10.9. The molecule has 3 aliphatic rings. The summed E-state index contributed by atoms with van der Waals surface area (Å²) in [7, 11) is -0.601. The van der Waals surface area contributed by atoms with Crippen molar-refractivity contribution in [2.45, 2.75) is 12.2 Å². The molecular weight excluding hydrogens is 275 g/mol. The second-order valence-electron chi connectivity index (χ2n) is 4.35. The van der Waals surface area contributed by atoms with Crippen molar-refractivity contribution in [1.82, 2.24) is 0 Å².